The summed E-state index contributed by atoms with van der Waals surface area (Å²) in [5.41, 5.74) is 2.21. The summed E-state index contributed by atoms with van der Waals surface area (Å²) >= 11 is 0. The molecule has 0 bridgehead atoms. The van der Waals surface area contributed by atoms with E-state index in [1.807, 2.05) is 29.9 Å². The SMILES string of the molecule is CN=C(NCc1ccnc(OCC2CC2)c1)NCc1ccnn1C.I. The number of aryl methyl sites for hydroxylation is 1. The van der Waals surface area contributed by atoms with E-state index in [0.29, 0.717) is 19.0 Å². The van der Waals surface area contributed by atoms with Crippen molar-refractivity contribution in [2.75, 3.05) is 13.7 Å². The van der Waals surface area contributed by atoms with E-state index in [9.17, 15) is 0 Å². The monoisotopic (exact) mass is 456 g/mol. The van der Waals surface area contributed by atoms with Gasteiger partial charge in [-0.1, -0.05) is 0 Å². The lowest BCUT2D eigenvalue weighted by molar-refractivity contribution is 0.288. The zero-order valence-electron chi connectivity index (χ0n) is 14.6. The summed E-state index contributed by atoms with van der Waals surface area (Å²) in [6.45, 7) is 2.10. The van der Waals surface area contributed by atoms with Gasteiger partial charge < -0.3 is 15.4 Å². The van der Waals surface area contributed by atoms with Crippen molar-refractivity contribution in [3.63, 3.8) is 0 Å². The molecular formula is C17H25IN6O. The minimum absolute atomic E-state index is 0. The molecule has 0 atom stereocenters. The molecule has 0 radical (unpaired) electrons. The molecule has 0 unspecified atom stereocenters. The summed E-state index contributed by atoms with van der Waals surface area (Å²) in [5, 5.41) is 10.7. The molecule has 1 aliphatic carbocycles. The van der Waals surface area contributed by atoms with Crippen LogP contribution in [-0.2, 0) is 20.1 Å². The van der Waals surface area contributed by atoms with Crippen LogP contribution in [0.1, 0.15) is 24.1 Å². The van der Waals surface area contributed by atoms with E-state index >= 15 is 0 Å². The Kier molecular flexibility index (Phi) is 7.48. The van der Waals surface area contributed by atoms with Gasteiger partial charge in [-0.25, -0.2) is 4.98 Å². The first-order valence-electron chi connectivity index (χ1n) is 8.23. The number of ether oxygens (including phenoxy) is 1. The molecule has 136 valence electrons. The molecule has 0 aromatic carbocycles. The maximum atomic E-state index is 5.72. The lowest BCUT2D eigenvalue weighted by Crippen LogP contribution is -2.36. The molecule has 2 aromatic rings. The summed E-state index contributed by atoms with van der Waals surface area (Å²) in [5.74, 6) is 2.16. The van der Waals surface area contributed by atoms with E-state index in [2.05, 4.69) is 25.7 Å². The van der Waals surface area contributed by atoms with Gasteiger partial charge in [-0.3, -0.25) is 9.67 Å². The quantitative estimate of drug-likeness (QED) is 0.379. The molecule has 2 aromatic heterocycles. The molecular weight excluding hydrogens is 431 g/mol. The summed E-state index contributed by atoms with van der Waals surface area (Å²) in [7, 11) is 3.68. The van der Waals surface area contributed by atoms with Crippen LogP contribution in [0.2, 0.25) is 0 Å². The Morgan fingerprint density at radius 3 is 2.76 bits per heavy atom. The van der Waals surface area contributed by atoms with Crippen LogP contribution in [-0.4, -0.2) is 34.4 Å². The summed E-state index contributed by atoms with van der Waals surface area (Å²) in [4.78, 5) is 8.50. The molecule has 7 nitrogen and oxygen atoms in total. The Morgan fingerprint density at radius 1 is 1.28 bits per heavy atom. The first-order valence-corrected chi connectivity index (χ1v) is 8.23. The number of hydrogen-bond acceptors (Lipinski definition) is 4. The molecule has 0 saturated heterocycles. The van der Waals surface area contributed by atoms with Gasteiger partial charge in [0.25, 0.3) is 0 Å². The van der Waals surface area contributed by atoms with Gasteiger partial charge in [-0.05, 0) is 36.5 Å². The van der Waals surface area contributed by atoms with Gasteiger partial charge >= 0.3 is 0 Å². The predicted octanol–water partition coefficient (Wildman–Crippen LogP) is 2.09. The number of halogens is 1. The van der Waals surface area contributed by atoms with Crippen molar-refractivity contribution in [1.82, 2.24) is 25.4 Å². The number of aromatic nitrogens is 3. The van der Waals surface area contributed by atoms with E-state index in [0.717, 1.165) is 29.7 Å². The highest BCUT2D eigenvalue weighted by molar-refractivity contribution is 14.0. The number of pyridine rings is 1. The van der Waals surface area contributed by atoms with E-state index in [4.69, 9.17) is 4.74 Å². The van der Waals surface area contributed by atoms with Crippen molar-refractivity contribution < 1.29 is 4.74 Å². The minimum atomic E-state index is 0. The van der Waals surface area contributed by atoms with E-state index in [-0.39, 0.29) is 24.0 Å². The molecule has 1 saturated carbocycles. The van der Waals surface area contributed by atoms with Crippen LogP contribution in [0.15, 0.2) is 35.6 Å². The Morgan fingerprint density at radius 2 is 2.08 bits per heavy atom. The van der Waals surface area contributed by atoms with Crippen LogP contribution in [0, 0.1) is 5.92 Å². The zero-order valence-corrected chi connectivity index (χ0v) is 16.9. The van der Waals surface area contributed by atoms with Crippen LogP contribution in [0.3, 0.4) is 0 Å². The molecule has 2 heterocycles. The van der Waals surface area contributed by atoms with Crippen molar-refractivity contribution in [3.8, 4) is 5.88 Å². The zero-order chi connectivity index (χ0) is 16.8. The lowest BCUT2D eigenvalue weighted by Gasteiger charge is -2.12. The maximum Gasteiger partial charge on any atom is 0.213 e. The predicted molar refractivity (Wildman–Crippen MR) is 108 cm³/mol. The standard InChI is InChI=1S/C17H24N6O.HI/c1-18-17(21-11-15-6-8-22-23(15)2)20-10-14-5-7-19-16(9-14)24-12-13-3-4-13;/h5-9,13H,3-4,10-12H2,1-2H3,(H2,18,20,21);1H. The molecule has 0 spiro atoms. The third-order valence-corrected chi connectivity index (χ3v) is 4.01. The van der Waals surface area contributed by atoms with Crippen molar-refractivity contribution >= 4 is 29.9 Å². The van der Waals surface area contributed by atoms with Crippen LogP contribution >= 0.6 is 24.0 Å². The second-order valence-corrected chi connectivity index (χ2v) is 5.98. The molecule has 2 N–H and O–H groups in total. The van der Waals surface area contributed by atoms with Crippen LogP contribution < -0.4 is 15.4 Å². The number of rotatable bonds is 7. The van der Waals surface area contributed by atoms with Crippen molar-refractivity contribution in [2.45, 2.75) is 25.9 Å². The Labute approximate surface area is 165 Å². The smallest absolute Gasteiger partial charge is 0.213 e. The fourth-order valence-electron chi connectivity index (χ4n) is 2.28. The molecule has 8 heteroatoms. The molecule has 25 heavy (non-hydrogen) atoms. The highest BCUT2D eigenvalue weighted by Gasteiger charge is 2.22. The van der Waals surface area contributed by atoms with Gasteiger partial charge in [0.2, 0.25) is 5.88 Å². The highest BCUT2D eigenvalue weighted by atomic mass is 127. The van der Waals surface area contributed by atoms with Crippen molar-refractivity contribution in [1.29, 1.82) is 0 Å². The number of nitrogens with zero attached hydrogens (tertiary/aromatic N) is 4. The van der Waals surface area contributed by atoms with Crippen LogP contribution in [0.25, 0.3) is 0 Å². The average Bonchev–Trinajstić information content (AvgIpc) is 3.35. The fourth-order valence-corrected chi connectivity index (χ4v) is 2.28. The minimum Gasteiger partial charge on any atom is -0.477 e. The van der Waals surface area contributed by atoms with Gasteiger partial charge in [0, 0.05) is 39.1 Å². The Bertz CT molecular complexity index is 698. The first-order chi connectivity index (χ1) is 11.7. The third kappa shape index (κ3) is 6.18. The number of guanidine groups is 1. The molecule has 0 amide bonds. The normalized spacial score (nSPS) is 13.9. The number of nitrogens with one attached hydrogen (secondary N) is 2. The summed E-state index contributed by atoms with van der Waals surface area (Å²) < 4.78 is 7.56. The summed E-state index contributed by atoms with van der Waals surface area (Å²) in [6, 6.07) is 5.93. The fraction of sp³-hybridized carbons (Fsp3) is 0.471. The van der Waals surface area contributed by atoms with Gasteiger partial charge in [0.05, 0.1) is 18.8 Å². The molecule has 1 fully saturated rings. The molecule has 1 aliphatic rings. The van der Waals surface area contributed by atoms with Gasteiger partial charge in [-0.2, -0.15) is 5.10 Å². The van der Waals surface area contributed by atoms with E-state index in [1.165, 1.54) is 12.8 Å². The largest absolute Gasteiger partial charge is 0.477 e. The van der Waals surface area contributed by atoms with Gasteiger partial charge in [0.15, 0.2) is 5.96 Å². The maximum absolute atomic E-state index is 5.72. The summed E-state index contributed by atoms with van der Waals surface area (Å²) in [6.07, 6.45) is 6.12. The second-order valence-electron chi connectivity index (χ2n) is 5.98. The average molecular weight is 456 g/mol. The topological polar surface area (TPSA) is 76.4 Å². The van der Waals surface area contributed by atoms with Gasteiger partial charge in [0.1, 0.15) is 0 Å². The first kappa shape index (κ1) is 19.5. The third-order valence-electron chi connectivity index (χ3n) is 4.01. The second kappa shape index (κ2) is 9.59. The highest BCUT2D eigenvalue weighted by Crippen LogP contribution is 2.29. The number of aliphatic imine (C=N–C) groups is 1. The van der Waals surface area contributed by atoms with Crippen LogP contribution in [0.5, 0.6) is 5.88 Å². The number of hydrogen-bond donors (Lipinski definition) is 2. The van der Waals surface area contributed by atoms with Gasteiger partial charge in [-0.15, -0.1) is 24.0 Å². The lowest BCUT2D eigenvalue weighted by atomic mass is 10.2. The van der Waals surface area contributed by atoms with Crippen molar-refractivity contribution in [2.24, 2.45) is 18.0 Å². The Hall–Kier alpha value is -1.84. The molecule has 0 aliphatic heterocycles. The molecule has 3 rings (SSSR count). The van der Waals surface area contributed by atoms with Crippen molar-refractivity contribution in [3.05, 3.63) is 41.9 Å². The van der Waals surface area contributed by atoms with Crippen LogP contribution in [0.4, 0.5) is 0 Å². The Balaban J connectivity index is 0.00000225. The van der Waals surface area contributed by atoms with E-state index in [1.54, 1.807) is 19.4 Å². The van der Waals surface area contributed by atoms with E-state index < -0.39 is 0 Å².